The Morgan fingerprint density at radius 3 is 2.71 bits per heavy atom. The number of benzene rings is 2. The van der Waals surface area contributed by atoms with E-state index in [1.54, 1.807) is 37.6 Å². The number of furan rings is 1. The van der Waals surface area contributed by atoms with Gasteiger partial charge < -0.3 is 24.7 Å². The van der Waals surface area contributed by atoms with E-state index in [4.69, 9.17) is 44.6 Å². The van der Waals surface area contributed by atoms with Crippen LogP contribution < -0.4 is 15.4 Å². The number of rotatable bonds is 8. The van der Waals surface area contributed by atoms with Crippen molar-refractivity contribution in [1.29, 1.82) is 0 Å². The SMILES string of the molecule is COc1ccccc1NC(=O)CCN1C(=S)N[C@@H](c2ccccn2)[C@@H]1c1ccc(-c2ccc(Cl)cc2Cl)o1. The lowest BCUT2D eigenvalue weighted by Gasteiger charge is -2.26. The van der Waals surface area contributed by atoms with Crippen LogP contribution in [0.4, 0.5) is 5.69 Å². The highest BCUT2D eigenvalue weighted by molar-refractivity contribution is 7.80. The maximum Gasteiger partial charge on any atom is 0.226 e. The number of para-hydroxylation sites is 2. The van der Waals surface area contributed by atoms with Crippen molar-refractivity contribution in [2.45, 2.75) is 18.5 Å². The summed E-state index contributed by atoms with van der Waals surface area (Å²) >= 11 is 18.2. The predicted molar refractivity (Wildman–Crippen MR) is 153 cm³/mol. The van der Waals surface area contributed by atoms with Crippen molar-refractivity contribution >= 4 is 52.1 Å². The summed E-state index contributed by atoms with van der Waals surface area (Å²) in [6.07, 6.45) is 1.93. The normalized spacial score (nSPS) is 16.8. The van der Waals surface area contributed by atoms with E-state index in [-0.39, 0.29) is 24.4 Å². The standard InChI is InChI=1S/C28H24Cl2N4O3S/c1-36-23-8-3-2-6-20(23)32-25(35)13-15-34-27(26(33-28(34)38)21-7-4-5-14-31-21)24-12-11-22(37-24)18-10-9-17(29)16-19(18)30/h2-12,14,16,26-27H,13,15H2,1H3,(H,32,35)(H,33,38)/t26-,27-/m0/s1. The summed E-state index contributed by atoms with van der Waals surface area (Å²) in [5, 5.41) is 7.83. The zero-order valence-corrected chi connectivity index (χ0v) is 22.7. The van der Waals surface area contributed by atoms with Crippen molar-refractivity contribution in [1.82, 2.24) is 15.2 Å². The second kappa shape index (κ2) is 11.4. The zero-order chi connectivity index (χ0) is 26.6. The number of ether oxygens (including phenoxy) is 1. The van der Waals surface area contributed by atoms with Crippen LogP contribution in [0, 0.1) is 0 Å². The summed E-state index contributed by atoms with van der Waals surface area (Å²) < 4.78 is 11.7. The van der Waals surface area contributed by atoms with Gasteiger partial charge in [0.1, 0.15) is 23.3 Å². The van der Waals surface area contributed by atoms with Gasteiger partial charge in [-0.25, -0.2) is 0 Å². The molecule has 38 heavy (non-hydrogen) atoms. The highest BCUT2D eigenvalue weighted by Gasteiger charge is 2.41. The van der Waals surface area contributed by atoms with Crippen LogP contribution in [-0.4, -0.2) is 34.6 Å². The van der Waals surface area contributed by atoms with E-state index in [1.165, 1.54) is 0 Å². The molecular weight excluding hydrogens is 543 g/mol. The number of nitrogens with zero attached hydrogens (tertiary/aromatic N) is 2. The molecule has 3 heterocycles. The van der Waals surface area contributed by atoms with E-state index >= 15 is 0 Å². The first-order valence-corrected chi connectivity index (χ1v) is 13.1. The van der Waals surface area contributed by atoms with Crippen molar-refractivity contribution in [2.75, 3.05) is 19.0 Å². The number of hydrogen-bond acceptors (Lipinski definition) is 5. The number of halogens is 2. The van der Waals surface area contributed by atoms with E-state index in [9.17, 15) is 4.79 Å². The van der Waals surface area contributed by atoms with Gasteiger partial charge in [0.25, 0.3) is 0 Å². The Morgan fingerprint density at radius 1 is 1.13 bits per heavy atom. The van der Waals surface area contributed by atoms with Crippen LogP contribution in [-0.2, 0) is 4.79 Å². The summed E-state index contributed by atoms with van der Waals surface area (Å²) in [7, 11) is 1.57. The average molecular weight is 567 g/mol. The number of amides is 1. The lowest BCUT2D eigenvalue weighted by Crippen LogP contribution is -2.32. The fourth-order valence-corrected chi connectivity index (χ4v) is 5.32. The Kier molecular flexibility index (Phi) is 7.83. The summed E-state index contributed by atoms with van der Waals surface area (Å²) in [6.45, 7) is 0.360. The van der Waals surface area contributed by atoms with Gasteiger partial charge in [0.15, 0.2) is 5.11 Å². The van der Waals surface area contributed by atoms with Gasteiger partial charge in [0, 0.05) is 29.7 Å². The summed E-state index contributed by atoms with van der Waals surface area (Å²) in [5.74, 6) is 1.70. The molecule has 0 spiro atoms. The number of methoxy groups -OCH3 is 1. The lowest BCUT2D eigenvalue weighted by molar-refractivity contribution is -0.116. The molecule has 0 unspecified atom stereocenters. The number of carbonyl (C=O) groups is 1. The van der Waals surface area contributed by atoms with Crippen LogP contribution >= 0.6 is 35.4 Å². The molecular formula is C28H24Cl2N4O3S. The Balaban J connectivity index is 1.41. The van der Waals surface area contributed by atoms with E-state index in [0.717, 1.165) is 11.3 Å². The van der Waals surface area contributed by atoms with Crippen LogP contribution in [0.1, 0.15) is 30.0 Å². The van der Waals surface area contributed by atoms with E-state index in [1.807, 2.05) is 53.4 Å². The number of hydrogen-bond donors (Lipinski definition) is 2. The minimum absolute atomic E-state index is 0.162. The predicted octanol–water partition coefficient (Wildman–Crippen LogP) is 6.66. The Bertz CT molecular complexity index is 1460. The molecule has 2 aromatic carbocycles. The number of aromatic nitrogens is 1. The van der Waals surface area contributed by atoms with Gasteiger partial charge in [-0.2, -0.15) is 0 Å². The van der Waals surface area contributed by atoms with Crippen LogP contribution in [0.2, 0.25) is 10.0 Å². The molecule has 194 valence electrons. The van der Waals surface area contributed by atoms with Crippen molar-refractivity contribution < 1.29 is 13.9 Å². The quantitative estimate of drug-likeness (QED) is 0.231. The van der Waals surface area contributed by atoms with Crippen molar-refractivity contribution in [3.05, 3.63) is 100 Å². The highest BCUT2D eigenvalue weighted by Crippen LogP contribution is 2.41. The molecule has 5 rings (SSSR count). The summed E-state index contributed by atoms with van der Waals surface area (Å²) in [5.41, 5.74) is 2.15. The first kappa shape index (κ1) is 26.0. The molecule has 1 aliphatic rings. The minimum Gasteiger partial charge on any atom is -0.495 e. The third-order valence-electron chi connectivity index (χ3n) is 6.27. The molecule has 0 radical (unpaired) electrons. The molecule has 2 aromatic heterocycles. The van der Waals surface area contributed by atoms with Gasteiger partial charge in [0.05, 0.1) is 29.6 Å². The number of thiocarbonyl (C=S) groups is 1. The molecule has 4 aromatic rings. The topological polar surface area (TPSA) is 79.6 Å². The maximum atomic E-state index is 12.9. The molecule has 0 saturated carbocycles. The van der Waals surface area contributed by atoms with Crippen molar-refractivity contribution in [2.24, 2.45) is 0 Å². The van der Waals surface area contributed by atoms with Gasteiger partial charge in [-0.3, -0.25) is 9.78 Å². The third-order valence-corrected chi connectivity index (χ3v) is 7.17. The second-order valence-corrected chi connectivity index (χ2v) is 9.87. The number of carbonyl (C=O) groups excluding carboxylic acids is 1. The van der Waals surface area contributed by atoms with Gasteiger partial charge >= 0.3 is 0 Å². The molecule has 7 nitrogen and oxygen atoms in total. The smallest absolute Gasteiger partial charge is 0.226 e. The molecule has 2 atom stereocenters. The minimum atomic E-state index is -0.337. The molecule has 1 saturated heterocycles. The van der Waals surface area contributed by atoms with Gasteiger partial charge in [-0.05, 0) is 66.8 Å². The Labute approximate surface area is 235 Å². The van der Waals surface area contributed by atoms with Crippen LogP contribution in [0.25, 0.3) is 11.3 Å². The first-order valence-electron chi connectivity index (χ1n) is 11.9. The third kappa shape index (κ3) is 5.48. The molecule has 2 N–H and O–H groups in total. The summed E-state index contributed by atoms with van der Waals surface area (Å²) in [6, 6.07) is 21.4. The maximum absolute atomic E-state index is 12.9. The second-order valence-electron chi connectivity index (χ2n) is 8.64. The highest BCUT2D eigenvalue weighted by atomic mass is 35.5. The van der Waals surface area contributed by atoms with E-state index in [2.05, 4.69) is 15.6 Å². The van der Waals surface area contributed by atoms with Crippen molar-refractivity contribution in [3.63, 3.8) is 0 Å². The average Bonchev–Trinajstić information content (AvgIpc) is 3.52. The summed E-state index contributed by atoms with van der Waals surface area (Å²) in [4.78, 5) is 19.4. The van der Waals surface area contributed by atoms with Crippen LogP contribution in [0.3, 0.4) is 0 Å². The monoisotopic (exact) mass is 566 g/mol. The zero-order valence-electron chi connectivity index (χ0n) is 20.4. The number of pyridine rings is 1. The van der Waals surface area contributed by atoms with Crippen molar-refractivity contribution in [3.8, 4) is 17.1 Å². The van der Waals surface area contributed by atoms with Crippen LogP contribution in [0.5, 0.6) is 5.75 Å². The number of anilines is 1. The molecule has 1 aliphatic heterocycles. The van der Waals surface area contributed by atoms with Crippen LogP contribution in [0.15, 0.2) is 83.4 Å². The fraction of sp³-hybridized carbons (Fsp3) is 0.179. The molecule has 10 heteroatoms. The Hall–Kier alpha value is -3.59. The molecule has 0 aliphatic carbocycles. The Morgan fingerprint density at radius 2 is 1.95 bits per heavy atom. The van der Waals surface area contributed by atoms with E-state index < -0.39 is 0 Å². The van der Waals surface area contributed by atoms with E-state index in [0.29, 0.717) is 44.7 Å². The number of nitrogens with one attached hydrogen (secondary N) is 2. The first-order chi connectivity index (χ1) is 18.4. The molecule has 0 bridgehead atoms. The largest absolute Gasteiger partial charge is 0.495 e. The van der Waals surface area contributed by atoms with Gasteiger partial charge in [-0.15, -0.1) is 0 Å². The lowest BCUT2D eigenvalue weighted by atomic mass is 10.0. The van der Waals surface area contributed by atoms with Gasteiger partial charge in [-0.1, -0.05) is 41.4 Å². The molecule has 1 amide bonds. The fourth-order valence-electron chi connectivity index (χ4n) is 4.48. The molecule has 1 fully saturated rings. The van der Waals surface area contributed by atoms with Gasteiger partial charge in [0.2, 0.25) is 5.91 Å².